The molecular weight excluding hydrogens is 478 g/mol. The van der Waals surface area contributed by atoms with Gasteiger partial charge in [-0.1, -0.05) is 42.2 Å². The second-order valence-electron chi connectivity index (χ2n) is 8.54. The van der Waals surface area contributed by atoms with Crippen LogP contribution in [0.1, 0.15) is 31.4 Å². The Balaban J connectivity index is 1.73. The summed E-state index contributed by atoms with van der Waals surface area (Å²) >= 11 is 6.81. The number of para-hydroxylation sites is 1. The number of aryl methyl sites for hydroxylation is 1. The number of rotatable bonds is 9. The first-order valence-electron chi connectivity index (χ1n) is 11.5. The van der Waals surface area contributed by atoms with Gasteiger partial charge in [0.2, 0.25) is 0 Å². The highest BCUT2D eigenvalue weighted by Crippen LogP contribution is 2.35. The maximum Gasteiger partial charge on any atom is 0.266 e. The van der Waals surface area contributed by atoms with Gasteiger partial charge in [0.15, 0.2) is 0 Å². The molecule has 0 unspecified atom stereocenters. The molecule has 1 amide bonds. The molecule has 6 nitrogen and oxygen atoms in total. The number of carbonyl (C=O) groups excluding carboxylic acids is 1. The fourth-order valence-electron chi connectivity index (χ4n) is 3.81. The van der Waals surface area contributed by atoms with E-state index >= 15 is 0 Å². The molecule has 182 valence electrons. The molecule has 4 rings (SSSR count). The quantitative estimate of drug-likeness (QED) is 0.205. The molecular formula is C27H29N3O3S2. The zero-order valence-electron chi connectivity index (χ0n) is 20.4. The van der Waals surface area contributed by atoms with E-state index in [0.717, 1.165) is 40.2 Å². The number of carbonyl (C=O) groups is 1. The molecule has 1 fully saturated rings. The van der Waals surface area contributed by atoms with Gasteiger partial charge in [0, 0.05) is 37.6 Å². The van der Waals surface area contributed by atoms with Crippen molar-refractivity contribution < 1.29 is 14.3 Å². The Labute approximate surface area is 215 Å². The van der Waals surface area contributed by atoms with E-state index in [1.54, 1.807) is 12.0 Å². The van der Waals surface area contributed by atoms with Crippen LogP contribution >= 0.6 is 24.0 Å². The van der Waals surface area contributed by atoms with Crippen molar-refractivity contribution in [3.63, 3.8) is 0 Å². The fourth-order valence-corrected chi connectivity index (χ4v) is 5.11. The summed E-state index contributed by atoms with van der Waals surface area (Å²) < 4.78 is 13.4. The van der Waals surface area contributed by atoms with Crippen molar-refractivity contribution in [2.24, 2.45) is 0 Å². The predicted octanol–water partition coefficient (Wildman–Crippen LogP) is 5.87. The lowest BCUT2D eigenvalue weighted by Gasteiger charge is -2.13. The molecule has 0 radical (unpaired) electrons. The molecule has 0 spiro atoms. The van der Waals surface area contributed by atoms with Crippen molar-refractivity contribution in [3.05, 3.63) is 70.8 Å². The third-order valence-corrected chi connectivity index (χ3v) is 6.84. The van der Waals surface area contributed by atoms with E-state index in [9.17, 15) is 4.79 Å². The van der Waals surface area contributed by atoms with Gasteiger partial charge in [-0.2, -0.15) is 5.10 Å². The Hall–Kier alpha value is -2.94. The number of hydrogen-bond acceptors (Lipinski definition) is 6. The second-order valence-corrected chi connectivity index (χ2v) is 10.2. The second kappa shape index (κ2) is 11.2. The van der Waals surface area contributed by atoms with Gasteiger partial charge in [0.05, 0.1) is 16.7 Å². The Morgan fingerprint density at radius 2 is 1.94 bits per heavy atom. The van der Waals surface area contributed by atoms with Crippen LogP contribution in [-0.4, -0.2) is 51.3 Å². The third-order valence-electron chi connectivity index (χ3n) is 5.46. The van der Waals surface area contributed by atoms with Crippen LogP contribution in [0.25, 0.3) is 23.0 Å². The molecule has 0 bridgehead atoms. The highest BCUT2D eigenvalue weighted by molar-refractivity contribution is 8.26. The minimum Gasteiger partial charge on any atom is -0.491 e. The molecule has 1 aliphatic heterocycles. The predicted molar refractivity (Wildman–Crippen MR) is 146 cm³/mol. The zero-order chi connectivity index (χ0) is 24.9. The fraction of sp³-hybridized carbons (Fsp3) is 0.296. The van der Waals surface area contributed by atoms with Crippen LogP contribution in [0.5, 0.6) is 5.75 Å². The number of thioether (sulfide) groups is 1. The topological polar surface area (TPSA) is 56.6 Å². The third kappa shape index (κ3) is 5.83. The zero-order valence-corrected chi connectivity index (χ0v) is 22.0. The summed E-state index contributed by atoms with van der Waals surface area (Å²) in [4.78, 5) is 15.3. The van der Waals surface area contributed by atoms with Crippen molar-refractivity contribution in [2.75, 3.05) is 20.3 Å². The summed E-state index contributed by atoms with van der Waals surface area (Å²) in [5, 5.41) is 4.90. The van der Waals surface area contributed by atoms with Crippen molar-refractivity contribution in [3.8, 4) is 22.7 Å². The minimum absolute atomic E-state index is 0.0774. The normalized spacial score (nSPS) is 15.0. The van der Waals surface area contributed by atoms with E-state index in [4.69, 9.17) is 26.8 Å². The van der Waals surface area contributed by atoms with Crippen LogP contribution in [0.3, 0.4) is 0 Å². The SMILES string of the molecule is COCCCN1C(=O)/C(=C/c2cn(-c3ccccc3)nc2-c2ccc(OC(C)C)c(C)c2)SC1=S. The highest BCUT2D eigenvalue weighted by atomic mass is 32.2. The summed E-state index contributed by atoms with van der Waals surface area (Å²) in [6, 6.07) is 16.0. The van der Waals surface area contributed by atoms with Crippen LogP contribution in [0, 0.1) is 6.92 Å². The molecule has 1 aromatic heterocycles. The van der Waals surface area contributed by atoms with Crippen LogP contribution in [0.2, 0.25) is 0 Å². The van der Waals surface area contributed by atoms with E-state index in [1.807, 2.05) is 80.2 Å². The van der Waals surface area contributed by atoms with Gasteiger partial charge in [-0.25, -0.2) is 4.68 Å². The molecule has 1 aliphatic rings. The van der Waals surface area contributed by atoms with Crippen LogP contribution in [0.15, 0.2) is 59.6 Å². The molecule has 35 heavy (non-hydrogen) atoms. The maximum atomic E-state index is 13.1. The van der Waals surface area contributed by atoms with Crippen molar-refractivity contribution >= 4 is 40.3 Å². The molecule has 0 atom stereocenters. The number of nitrogens with zero attached hydrogens (tertiary/aromatic N) is 3. The van der Waals surface area contributed by atoms with E-state index in [0.29, 0.717) is 22.4 Å². The first-order chi connectivity index (χ1) is 16.9. The lowest BCUT2D eigenvalue weighted by atomic mass is 10.0. The number of ether oxygens (including phenoxy) is 2. The molecule has 0 saturated carbocycles. The lowest BCUT2D eigenvalue weighted by molar-refractivity contribution is -0.122. The first kappa shape index (κ1) is 25.2. The van der Waals surface area contributed by atoms with Crippen molar-refractivity contribution in [2.45, 2.75) is 33.3 Å². The highest BCUT2D eigenvalue weighted by Gasteiger charge is 2.32. The standard InChI is InChI=1S/C27H29N3O3S2/c1-18(2)33-23-12-11-20(15-19(23)3)25-21(17-30(28-25)22-9-6-5-7-10-22)16-24-26(31)29(27(34)35-24)13-8-14-32-4/h5-7,9-12,15-18H,8,13-14H2,1-4H3/b24-16-. The molecule has 2 heterocycles. The number of thiocarbonyl (C=S) groups is 1. The molecule has 8 heteroatoms. The Bertz CT molecular complexity index is 1250. The van der Waals surface area contributed by atoms with Gasteiger partial charge < -0.3 is 9.47 Å². The van der Waals surface area contributed by atoms with Gasteiger partial charge in [0.25, 0.3) is 5.91 Å². The largest absolute Gasteiger partial charge is 0.491 e. The summed E-state index contributed by atoms with van der Waals surface area (Å²) in [5.74, 6) is 0.774. The van der Waals surface area contributed by atoms with Crippen LogP contribution < -0.4 is 4.74 Å². The maximum absolute atomic E-state index is 13.1. The average molecular weight is 508 g/mol. The van der Waals surface area contributed by atoms with Crippen LogP contribution in [-0.2, 0) is 9.53 Å². The lowest BCUT2D eigenvalue weighted by Crippen LogP contribution is -2.29. The number of methoxy groups -OCH3 is 1. The number of amides is 1. The Morgan fingerprint density at radius 1 is 1.17 bits per heavy atom. The van der Waals surface area contributed by atoms with Gasteiger partial charge in [0.1, 0.15) is 15.8 Å². The van der Waals surface area contributed by atoms with Crippen molar-refractivity contribution in [1.82, 2.24) is 14.7 Å². The summed E-state index contributed by atoms with van der Waals surface area (Å²) in [5.41, 5.74) is 4.56. The van der Waals surface area contributed by atoms with E-state index in [1.165, 1.54) is 11.8 Å². The summed E-state index contributed by atoms with van der Waals surface area (Å²) in [6.07, 6.45) is 4.68. The first-order valence-corrected chi connectivity index (χ1v) is 12.8. The number of aromatic nitrogens is 2. The molecule has 1 saturated heterocycles. The number of benzene rings is 2. The van der Waals surface area contributed by atoms with Gasteiger partial charge in [-0.05, 0) is 69.2 Å². The van der Waals surface area contributed by atoms with Crippen LogP contribution in [0.4, 0.5) is 0 Å². The number of hydrogen-bond donors (Lipinski definition) is 0. The Kier molecular flexibility index (Phi) is 8.05. The van der Waals surface area contributed by atoms with Crippen molar-refractivity contribution in [1.29, 1.82) is 0 Å². The minimum atomic E-state index is -0.0774. The van der Waals surface area contributed by atoms with Gasteiger partial charge in [-0.15, -0.1) is 0 Å². The average Bonchev–Trinajstić information content (AvgIpc) is 3.37. The van der Waals surface area contributed by atoms with E-state index in [-0.39, 0.29) is 12.0 Å². The molecule has 3 aromatic rings. The van der Waals surface area contributed by atoms with Gasteiger partial charge >= 0.3 is 0 Å². The van der Waals surface area contributed by atoms with E-state index < -0.39 is 0 Å². The monoisotopic (exact) mass is 507 g/mol. The molecule has 0 aliphatic carbocycles. The molecule has 0 N–H and O–H groups in total. The summed E-state index contributed by atoms with van der Waals surface area (Å²) in [6.45, 7) is 7.18. The van der Waals surface area contributed by atoms with E-state index in [2.05, 4.69) is 6.07 Å². The Morgan fingerprint density at radius 3 is 2.63 bits per heavy atom. The smallest absolute Gasteiger partial charge is 0.266 e. The summed E-state index contributed by atoms with van der Waals surface area (Å²) in [7, 11) is 1.65. The molecule has 2 aromatic carbocycles. The van der Waals surface area contributed by atoms with Gasteiger partial charge in [-0.3, -0.25) is 9.69 Å².